The quantitative estimate of drug-likeness (QED) is 0.180. The number of hydrogen-bond donors (Lipinski definition) is 3. The predicted octanol–water partition coefficient (Wildman–Crippen LogP) is 7.27. The Morgan fingerprint density at radius 3 is 2.26 bits per heavy atom. The Morgan fingerprint density at radius 1 is 1.02 bits per heavy atom. The van der Waals surface area contributed by atoms with Crippen LogP contribution in [-0.2, 0) is 4.74 Å². The Kier molecular flexibility index (Phi) is 10.7. The molecule has 0 saturated carbocycles. The summed E-state index contributed by atoms with van der Waals surface area (Å²) in [6, 6.07) is 12.0. The molecular weight excluding hydrogens is 564 g/mol. The van der Waals surface area contributed by atoms with Crippen molar-refractivity contribution in [2.45, 2.75) is 78.3 Å². The van der Waals surface area contributed by atoms with Crippen molar-refractivity contribution in [3.8, 4) is 28.8 Å². The van der Waals surface area contributed by atoms with E-state index >= 15 is 0 Å². The number of ether oxygens (including phenoxy) is 2. The Hall–Kier alpha value is -4.23. The Balaban J connectivity index is 2.11. The number of rotatable bonds is 8. The molecule has 3 N–H and O–H groups in total. The number of hydrogen-bond acceptors (Lipinski definition) is 8. The normalized spacial score (nSPS) is 12.0. The van der Waals surface area contributed by atoms with E-state index in [2.05, 4.69) is 47.6 Å². The summed E-state index contributed by atoms with van der Waals surface area (Å²) >= 11 is 1.18. The molecular formula is C33H40N4O5S. The molecule has 0 aliphatic rings. The Morgan fingerprint density at radius 2 is 1.67 bits per heavy atom. The van der Waals surface area contributed by atoms with E-state index in [1.807, 2.05) is 52.8 Å². The fraction of sp³-hybridized carbons (Fsp3) is 0.394. The van der Waals surface area contributed by atoms with E-state index in [9.17, 15) is 14.7 Å². The molecule has 0 aliphatic heterocycles. The van der Waals surface area contributed by atoms with Crippen molar-refractivity contribution in [1.82, 2.24) is 15.3 Å². The Bertz CT molecular complexity index is 1530. The zero-order valence-corrected chi connectivity index (χ0v) is 27.0. The van der Waals surface area contributed by atoms with Crippen LogP contribution in [0.5, 0.6) is 5.75 Å². The van der Waals surface area contributed by atoms with Gasteiger partial charge in [0.2, 0.25) is 5.95 Å². The molecule has 0 spiro atoms. The van der Waals surface area contributed by atoms with Gasteiger partial charge >= 0.3 is 12.1 Å². The van der Waals surface area contributed by atoms with Crippen LogP contribution in [0.4, 0.5) is 10.7 Å². The van der Waals surface area contributed by atoms with Gasteiger partial charge in [-0.2, -0.15) is 4.98 Å². The maximum Gasteiger partial charge on any atom is 0.408 e. The molecule has 9 nitrogen and oxygen atoms in total. The largest absolute Gasteiger partial charge is 0.492 e. The van der Waals surface area contributed by atoms with Gasteiger partial charge in [-0.1, -0.05) is 51.0 Å². The third-order valence-electron chi connectivity index (χ3n) is 6.00. The van der Waals surface area contributed by atoms with Crippen LogP contribution in [0.2, 0.25) is 0 Å². The second kappa shape index (κ2) is 13.8. The van der Waals surface area contributed by atoms with E-state index in [0.29, 0.717) is 28.5 Å². The number of nitrogens with one attached hydrogen (secondary N) is 2. The summed E-state index contributed by atoms with van der Waals surface area (Å²) in [5.41, 5.74) is 3.18. The standard InChI is InChI=1S/C33H40N4O5S/c1-20-12-10-13-21(2)26(20)27-28(41-9)25(17-16-23(19-32(3,4)5)34-31(40)42-33(6,7)8)35-30(36-27)37-43-24-15-11-14-22(18-24)29(38)39/h10-15,18,23H,19H2,1-9H3,(H,34,40)(H,38,39)(H,35,36,37). The highest BCUT2D eigenvalue weighted by atomic mass is 32.2. The number of aromatic nitrogens is 2. The number of carboxylic acid groups (broad SMARTS) is 1. The lowest BCUT2D eigenvalue weighted by Gasteiger charge is -2.25. The monoisotopic (exact) mass is 604 g/mol. The Labute approximate surface area is 258 Å². The van der Waals surface area contributed by atoms with Gasteiger partial charge in [-0.15, -0.1) is 0 Å². The van der Waals surface area contributed by atoms with Gasteiger partial charge < -0.3 is 19.9 Å². The third kappa shape index (κ3) is 9.93. The minimum absolute atomic E-state index is 0.138. The van der Waals surface area contributed by atoms with Crippen LogP contribution < -0.4 is 14.8 Å². The molecule has 3 rings (SSSR count). The first-order valence-electron chi connectivity index (χ1n) is 13.9. The van der Waals surface area contributed by atoms with Gasteiger partial charge in [0.25, 0.3) is 0 Å². The minimum atomic E-state index is -1.01. The summed E-state index contributed by atoms with van der Waals surface area (Å²) in [6.07, 6.45) is 0.0151. The molecule has 43 heavy (non-hydrogen) atoms. The van der Waals surface area contributed by atoms with Crippen molar-refractivity contribution in [3.63, 3.8) is 0 Å². The van der Waals surface area contributed by atoms with Gasteiger partial charge in [0.15, 0.2) is 11.4 Å². The predicted molar refractivity (Wildman–Crippen MR) is 170 cm³/mol. The molecule has 1 unspecified atom stereocenters. The molecule has 0 fully saturated rings. The van der Waals surface area contributed by atoms with Gasteiger partial charge in [-0.25, -0.2) is 14.6 Å². The summed E-state index contributed by atoms with van der Waals surface area (Å²) in [7, 11) is 1.55. The van der Waals surface area contributed by atoms with E-state index in [4.69, 9.17) is 14.5 Å². The van der Waals surface area contributed by atoms with Crippen LogP contribution >= 0.6 is 11.9 Å². The molecule has 10 heteroatoms. The smallest absolute Gasteiger partial charge is 0.408 e. The molecule has 0 radical (unpaired) electrons. The second-order valence-corrected chi connectivity index (χ2v) is 13.2. The molecule has 1 aromatic heterocycles. The number of amides is 1. The van der Waals surface area contributed by atoms with E-state index in [-0.39, 0.29) is 16.9 Å². The average molecular weight is 605 g/mol. The number of carboxylic acids is 1. The molecule has 0 aliphatic carbocycles. The average Bonchev–Trinajstić information content (AvgIpc) is 2.88. The SMILES string of the molecule is COc1c(C#CC(CC(C)(C)C)NC(=O)OC(C)(C)C)nc(NSc2cccc(C(=O)O)c2)nc1-c1c(C)cccc1C. The molecule has 0 saturated heterocycles. The number of carbonyl (C=O) groups is 2. The van der Waals surface area contributed by atoms with E-state index in [1.165, 1.54) is 18.0 Å². The van der Waals surface area contributed by atoms with Crippen LogP contribution in [0, 0.1) is 31.1 Å². The fourth-order valence-electron chi connectivity index (χ4n) is 4.28. The summed E-state index contributed by atoms with van der Waals surface area (Å²) in [5, 5.41) is 12.3. The lowest BCUT2D eigenvalue weighted by atomic mass is 9.88. The molecule has 0 bridgehead atoms. The van der Waals surface area contributed by atoms with Crippen molar-refractivity contribution in [2.75, 3.05) is 11.8 Å². The summed E-state index contributed by atoms with van der Waals surface area (Å²) in [5.74, 6) is 5.98. The van der Waals surface area contributed by atoms with Crippen molar-refractivity contribution in [1.29, 1.82) is 0 Å². The van der Waals surface area contributed by atoms with Crippen LogP contribution in [-0.4, -0.2) is 45.9 Å². The van der Waals surface area contributed by atoms with Crippen molar-refractivity contribution in [3.05, 3.63) is 64.8 Å². The van der Waals surface area contributed by atoms with Gasteiger partial charge in [-0.3, -0.25) is 4.72 Å². The van der Waals surface area contributed by atoms with Crippen LogP contribution in [0.1, 0.15) is 75.1 Å². The van der Waals surface area contributed by atoms with Gasteiger partial charge in [-0.05, 0) is 93.6 Å². The number of alkyl carbamates (subject to hydrolysis) is 1. The number of nitrogens with zero attached hydrogens (tertiary/aromatic N) is 2. The van der Waals surface area contributed by atoms with Crippen LogP contribution in [0.3, 0.4) is 0 Å². The first-order chi connectivity index (χ1) is 20.1. The first kappa shape index (κ1) is 33.3. The summed E-state index contributed by atoms with van der Waals surface area (Å²) < 4.78 is 14.5. The second-order valence-electron chi connectivity index (χ2n) is 12.3. The number of aryl methyl sites for hydroxylation is 2. The van der Waals surface area contributed by atoms with E-state index in [0.717, 1.165) is 16.7 Å². The minimum Gasteiger partial charge on any atom is -0.492 e. The number of anilines is 1. The molecule has 1 amide bonds. The lowest BCUT2D eigenvalue weighted by Crippen LogP contribution is -2.40. The van der Waals surface area contributed by atoms with Crippen molar-refractivity contribution in [2.24, 2.45) is 5.41 Å². The molecule has 1 atom stereocenters. The van der Waals surface area contributed by atoms with Crippen LogP contribution in [0.25, 0.3) is 11.3 Å². The maximum atomic E-state index is 12.6. The number of methoxy groups -OCH3 is 1. The first-order valence-corrected chi connectivity index (χ1v) is 14.7. The highest BCUT2D eigenvalue weighted by molar-refractivity contribution is 8.00. The fourth-order valence-corrected chi connectivity index (χ4v) is 4.92. The molecule has 228 valence electrons. The van der Waals surface area contributed by atoms with Crippen molar-refractivity contribution >= 4 is 30.0 Å². The van der Waals surface area contributed by atoms with Crippen molar-refractivity contribution < 1.29 is 24.2 Å². The molecule has 1 heterocycles. The van der Waals surface area contributed by atoms with E-state index < -0.39 is 23.7 Å². The number of carbonyl (C=O) groups excluding carboxylic acids is 1. The number of benzene rings is 2. The summed E-state index contributed by atoms with van der Waals surface area (Å²) in [4.78, 5) is 34.2. The zero-order valence-electron chi connectivity index (χ0n) is 26.2. The zero-order chi connectivity index (χ0) is 31.9. The summed E-state index contributed by atoms with van der Waals surface area (Å²) in [6.45, 7) is 15.6. The maximum absolute atomic E-state index is 12.6. The van der Waals surface area contributed by atoms with Gasteiger partial charge in [0, 0.05) is 10.5 Å². The highest BCUT2D eigenvalue weighted by Gasteiger charge is 2.24. The molecule has 2 aromatic carbocycles. The van der Waals surface area contributed by atoms with Gasteiger partial charge in [0.1, 0.15) is 11.3 Å². The topological polar surface area (TPSA) is 123 Å². The van der Waals surface area contributed by atoms with Gasteiger partial charge in [0.05, 0.1) is 18.7 Å². The molecule has 3 aromatic rings. The van der Waals surface area contributed by atoms with E-state index in [1.54, 1.807) is 25.3 Å². The third-order valence-corrected chi connectivity index (χ3v) is 6.78. The van der Waals surface area contributed by atoms with Crippen LogP contribution in [0.15, 0.2) is 47.4 Å². The lowest BCUT2D eigenvalue weighted by molar-refractivity contribution is 0.0507. The highest BCUT2D eigenvalue weighted by Crippen LogP contribution is 2.36. The number of aromatic carboxylic acids is 1.